The summed E-state index contributed by atoms with van der Waals surface area (Å²) in [5, 5.41) is 18.6. The Balaban J connectivity index is 2.08. The van der Waals surface area contributed by atoms with Crippen molar-refractivity contribution in [1.82, 2.24) is 0 Å². The molecule has 1 aromatic carbocycles. The molecule has 0 aromatic heterocycles. The molecule has 1 aliphatic rings. The number of esters is 1. The lowest BCUT2D eigenvalue weighted by molar-refractivity contribution is 0.0315. The van der Waals surface area contributed by atoms with Gasteiger partial charge in [-0.25, -0.2) is 4.79 Å². The van der Waals surface area contributed by atoms with Gasteiger partial charge < -0.3 is 14.9 Å². The third kappa shape index (κ3) is 2.27. The molecule has 0 spiro atoms. The van der Waals surface area contributed by atoms with Gasteiger partial charge in [0.1, 0.15) is 23.2 Å². The van der Waals surface area contributed by atoms with Crippen molar-refractivity contribution in [1.29, 1.82) is 0 Å². The Morgan fingerprint density at radius 3 is 2.56 bits per heavy atom. The van der Waals surface area contributed by atoms with Crippen LogP contribution in [0, 0.1) is 0 Å². The van der Waals surface area contributed by atoms with Crippen molar-refractivity contribution in [2.45, 2.75) is 31.8 Å². The molecule has 0 radical (unpaired) electrons. The van der Waals surface area contributed by atoms with Crippen molar-refractivity contribution in [3.63, 3.8) is 0 Å². The molecule has 4 heteroatoms. The molecule has 2 rings (SSSR count). The Morgan fingerprint density at radius 2 is 1.94 bits per heavy atom. The average Bonchev–Trinajstić information content (AvgIpc) is 2.70. The van der Waals surface area contributed by atoms with E-state index in [1.54, 1.807) is 0 Å². The summed E-state index contributed by atoms with van der Waals surface area (Å²) in [4.78, 5) is 11.7. The highest BCUT2D eigenvalue weighted by molar-refractivity contribution is 5.92. The van der Waals surface area contributed by atoms with Crippen LogP contribution in [0.2, 0.25) is 0 Å². The van der Waals surface area contributed by atoms with Gasteiger partial charge in [-0.2, -0.15) is 0 Å². The molecule has 16 heavy (non-hydrogen) atoms. The summed E-state index contributed by atoms with van der Waals surface area (Å²) in [5.41, 5.74) is 0.102. The predicted octanol–water partition coefficient (Wildman–Crippen LogP) is 2.20. The quantitative estimate of drug-likeness (QED) is 0.753. The maximum atomic E-state index is 11.7. The maximum absolute atomic E-state index is 11.7. The normalized spacial score (nSPS) is 16.2. The van der Waals surface area contributed by atoms with Gasteiger partial charge in [0, 0.05) is 6.07 Å². The highest BCUT2D eigenvalue weighted by Gasteiger charge is 2.21. The Hall–Kier alpha value is -1.71. The van der Waals surface area contributed by atoms with Crippen molar-refractivity contribution >= 4 is 5.97 Å². The highest BCUT2D eigenvalue weighted by Crippen LogP contribution is 2.26. The van der Waals surface area contributed by atoms with Crippen LogP contribution in [0.4, 0.5) is 0 Å². The van der Waals surface area contributed by atoms with E-state index in [-0.39, 0.29) is 23.2 Å². The molecule has 0 heterocycles. The predicted molar refractivity (Wildman–Crippen MR) is 57.4 cm³/mol. The molecule has 4 nitrogen and oxygen atoms in total. The summed E-state index contributed by atoms with van der Waals surface area (Å²) in [6, 6.07) is 3.85. The van der Waals surface area contributed by atoms with Crippen LogP contribution in [0.15, 0.2) is 18.2 Å². The number of benzene rings is 1. The minimum Gasteiger partial charge on any atom is -0.508 e. The van der Waals surface area contributed by atoms with Gasteiger partial charge in [0.15, 0.2) is 0 Å². The first-order chi connectivity index (χ1) is 7.66. The van der Waals surface area contributed by atoms with E-state index in [1.807, 2.05) is 0 Å². The van der Waals surface area contributed by atoms with Crippen LogP contribution >= 0.6 is 0 Å². The van der Waals surface area contributed by atoms with Crippen LogP contribution in [0.3, 0.4) is 0 Å². The van der Waals surface area contributed by atoms with E-state index in [4.69, 9.17) is 9.84 Å². The van der Waals surface area contributed by atoms with Gasteiger partial charge in [0.05, 0.1) is 0 Å². The lowest BCUT2D eigenvalue weighted by Crippen LogP contribution is -2.14. The van der Waals surface area contributed by atoms with E-state index >= 15 is 0 Å². The molecule has 1 aromatic rings. The van der Waals surface area contributed by atoms with Gasteiger partial charge in [-0.3, -0.25) is 0 Å². The van der Waals surface area contributed by atoms with E-state index in [0.717, 1.165) is 31.7 Å². The number of carbonyl (C=O) groups is 1. The third-order valence-electron chi connectivity index (χ3n) is 2.78. The summed E-state index contributed by atoms with van der Waals surface area (Å²) in [6.45, 7) is 0. The van der Waals surface area contributed by atoms with E-state index in [1.165, 1.54) is 12.1 Å². The molecule has 0 aliphatic heterocycles. The van der Waals surface area contributed by atoms with Gasteiger partial charge in [0.25, 0.3) is 0 Å². The monoisotopic (exact) mass is 222 g/mol. The smallest absolute Gasteiger partial charge is 0.342 e. The second kappa shape index (κ2) is 4.43. The van der Waals surface area contributed by atoms with Gasteiger partial charge in [0.2, 0.25) is 0 Å². The molecule has 0 saturated heterocycles. The summed E-state index contributed by atoms with van der Waals surface area (Å²) in [6.07, 6.45) is 3.93. The van der Waals surface area contributed by atoms with Crippen LogP contribution in [0.25, 0.3) is 0 Å². The Labute approximate surface area is 93.5 Å². The first kappa shape index (κ1) is 10.8. The van der Waals surface area contributed by atoms with Crippen molar-refractivity contribution in [3.8, 4) is 11.5 Å². The van der Waals surface area contributed by atoms with E-state index in [2.05, 4.69) is 0 Å². The molecule has 1 saturated carbocycles. The zero-order valence-electron chi connectivity index (χ0n) is 8.85. The van der Waals surface area contributed by atoms with Crippen LogP contribution in [0.1, 0.15) is 36.0 Å². The topological polar surface area (TPSA) is 66.8 Å². The van der Waals surface area contributed by atoms with Crippen LogP contribution in [0.5, 0.6) is 11.5 Å². The van der Waals surface area contributed by atoms with Gasteiger partial charge in [-0.1, -0.05) is 0 Å². The molecule has 0 bridgehead atoms. The SMILES string of the molecule is O=C(OC1CCCC1)c1ccc(O)cc1O. The number of rotatable bonds is 2. The molecule has 0 atom stereocenters. The molecule has 2 N–H and O–H groups in total. The number of phenols is 2. The molecule has 1 aliphatic carbocycles. The Kier molecular flexibility index (Phi) is 2.99. The van der Waals surface area contributed by atoms with Crippen LogP contribution < -0.4 is 0 Å². The second-order valence-corrected chi connectivity index (χ2v) is 4.01. The fourth-order valence-electron chi connectivity index (χ4n) is 1.91. The van der Waals surface area contributed by atoms with Crippen molar-refractivity contribution in [2.75, 3.05) is 0 Å². The van der Waals surface area contributed by atoms with E-state index < -0.39 is 5.97 Å². The Morgan fingerprint density at radius 1 is 1.25 bits per heavy atom. The zero-order valence-corrected chi connectivity index (χ0v) is 8.85. The van der Waals surface area contributed by atoms with Crippen LogP contribution in [-0.2, 0) is 4.74 Å². The third-order valence-corrected chi connectivity index (χ3v) is 2.78. The van der Waals surface area contributed by atoms with Gasteiger partial charge in [-0.15, -0.1) is 0 Å². The molecular formula is C12H14O4. The Bertz CT molecular complexity index is 394. The number of hydrogen-bond acceptors (Lipinski definition) is 4. The second-order valence-electron chi connectivity index (χ2n) is 4.01. The number of ether oxygens (including phenoxy) is 1. The van der Waals surface area contributed by atoms with E-state index in [0.29, 0.717) is 0 Å². The highest BCUT2D eigenvalue weighted by atomic mass is 16.5. The summed E-state index contributed by atoms with van der Waals surface area (Å²) in [7, 11) is 0. The maximum Gasteiger partial charge on any atom is 0.342 e. The number of aromatic hydroxyl groups is 2. The fraction of sp³-hybridized carbons (Fsp3) is 0.417. The number of phenolic OH excluding ortho intramolecular Hbond substituents is 2. The molecule has 86 valence electrons. The zero-order chi connectivity index (χ0) is 11.5. The summed E-state index contributed by atoms with van der Waals surface area (Å²) >= 11 is 0. The minimum atomic E-state index is -0.524. The fourth-order valence-corrected chi connectivity index (χ4v) is 1.91. The number of hydrogen-bond donors (Lipinski definition) is 2. The van der Waals surface area contributed by atoms with Crippen molar-refractivity contribution in [3.05, 3.63) is 23.8 Å². The lowest BCUT2D eigenvalue weighted by atomic mass is 10.2. The van der Waals surface area contributed by atoms with Crippen molar-refractivity contribution in [2.24, 2.45) is 0 Å². The van der Waals surface area contributed by atoms with E-state index in [9.17, 15) is 9.90 Å². The summed E-state index contributed by atoms with van der Waals surface area (Å²) < 4.78 is 5.24. The molecular weight excluding hydrogens is 208 g/mol. The first-order valence-corrected chi connectivity index (χ1v) is 5.40. The lowest BCUT2D eigenvalue weighted by Gasteiger charge is -2.11. The largest absolute Gasteiger partial charge is 0.508 e. The molecule has 0 unspecified atom stereocenters. The van der Waals surface area contributed by atoms with Gasteiger partial charge in [-0.05, 0) is 37.8 Å². The standard InChI is InChI=1S/C12H14O4/c13-8-5-6-10(11(14)7-8)12(15)16-9-3-1-2-4-9/h5-7,9,13-14H,1-4H2. The van der Waals surface area contributed by atoms with Crippen LogP contribution in [-0.4, -0.2) is 22.3 Å². The first-order valence-electron chi connectivity index (χ1n) is 5.40. The average molecular weight is 222 g/mol. The minimum absolute atomic E-state index is 0.0271. The van der Waals surface area contributed by atoms with Gasteiger partial charge >= 0.3 is 5.97 Å². The molecule has 1 fully saturated rings. The van der Waals surface area contributed by atoms with Crippen molar-refractivity contribution < 1.29 is 19.7 Å². The molecule has 0 amide bonds. The summed E-state index contributed by atoms with van der Waals surface area (Å²) in [5.74, 6) is -0.845. The number of carbonyl (C=O) groups excluding carboxylic acids is 1.